The van der Waals surface area contributed by atoms with Crippen LogP contribution in [0.2, 0.25) is 5.02 Å². The molecule has 27 heavy (non-hydrogen) atoms. The summed E-state index contributed by atoms with van der Waals surface area (Å²) in [5.74, 6) is -0.345. The molecule has 0 bridgehead atoms. The molecule has 1 heterocycles. The van der Waals surface area contributed by atoms with Crippen molar-refractivity contribution in [1.29, 1.82) is 0 Å². The van der Waals surface area contributed by atoms with Crippen molar-refractivity contribution in [3.63, 3.8) is 0 Å². The molecule has 138 valence electrons. The van der Waals surface area contributed by atoms with E-state index in [1.807, 2.05) is 25.1 Å². The van der Waals surface area contributed by atoms with E-state index in [-0.39, 0.29) is 11.6 Å². The van der Waals surface area contributed by atoms with Crippen LogP contribution >= 0.6 is 38.9 Å². The summed E-state index contributed by atoms with van der Waals surface area (Å²) in [6, 6.07) is 11.8. The van der Waals surface area contributed by atoms with Crippen LogP contribution < -0.4 is 16.0 Å². The summed E-state index contributed by atoms with van der Waals surface area (Å²) in [6.07, 6.45) is 0. The first kappa shape index (κ1) is 19.3. The van der Waals surface area contributed by atoms with Gasteiger partial charge in [-0.05, 0) is 55.0 Å². The number of aromatic nitrogens is 1. The largest absolute Gasteiger partial charge is 0.325 e. The maximum absolute atomic E-state index is 12.4. The molecule has 0 saturated heterocycles. The molecule has 3 N–H and O–H groups in total. The van der Waals surface area contributed by atoms with Gasteiger partial charge in [0.1, 0.15) is 5.69 Å². The van der Waals surface area contributed by atoms with Gasteiger partial charge in [0.05, 0.1) is 0 Å². The van der Waals surface area contributed by atoms with E-state index >= 15 is 0 Å². The lowest BCUT2D eigenvalue weighted by molar-refractivity contribution is 0.102. The number of thiazole rings is 1. The molecule has 3 rings (SSSR count). The number of carbonyl (C=O) groups excluding carboxylic acids is 2. The number of aryl methyl sites for hydroxylation is 1. The molecule has 9 heteroatoms. The number of urea groups is 1. The molecule has 6 nitrogen and oxygen atoms in total. The van der Waals surface area contributed by atoms with Crippen LogP contribution in [0, 0.1) is 6.92 Å². The quantitative estimate of drug-likeness (QED) is 0.458. The Morgan fingerprint density at radius 2 is 1.81 bits per heavy atom. The molecule has 0 saturated carbocycles. The average Bonchev–Trinajstić information content (AvgIpc) is 3.08. The van der Waals surface area contributed by atoms with Crippen molar-refractivity contribution in [2.24, 2.45) is 0 Å². The van der Waals surface area contributed by atoms with Gasteiger partial charge in [0.2, 0.25) is 0 Å². The number of halogens is 2. The van der Waals surface area contributed by atoms with Gasteiger partial charge in [-0.15, -0.1) is 11.3 Å². The van der Waals surface area contributed by atoms with Crippen molar-refractivity contribution in [3.05, 3.63) is 68.6 Å². The highest BCUT2D eigenvalue weighted by atomic mass is 79.9. The normalized spacial score (nSPS) is 10.3. The second-order valence-electron chi connectivity index (χ2n) is 5.54. The Bertz CT molecular complexity index is 991. The molecule has 3 aromatic rings. The van der Waals surface area contributed by atoms with Crippen LogP contribution in [-0.4, -0.2) is 16.9 Å². The smallest absolute Gasteiger partial charge is 0.320 e. The van der Waals surface area contributed by atoms with E-state index in [9.17, 15) is 9.59 Å². The maximum Gasteiger partial charge on any atom is 0.325 e. The average molecular weight is 466 g/mol. The van der Waals surface area contributed by atoms with Gasteiger partial charge in [0.25, 0.3) is 5.91 Å². The molecule has 0 aliphatic carbocycles. The molecule has 0 spiro atoms. The molecule has 0 radical (unpaired) electrons. The SMILES string of the molecule is Cc1cc(Br)ccc1NC(=O)c1csc(NC(=O)Nc2ccc(Cl)cc2)n1. The molecular formula is C18H14BrClN4O2S. The van der Waals surface area contributed by atoms with Crippen molar-refractivity contribution >= 4 is 67.3 Å². The fourth-order valence-corrected chi connectivity index (χ4v) is 3.47. The van der Waals surface area contributed by atoms with Gasteiger partial charge < -0.3 is 10.6 Å². The zero-order valence-electron chi connectivity index (χ0n) is 14.0. The minimum absolute atomic E-state index is 0.226. The first-order valence-electron chi connectivity index (χ1n) is 7.77. The number of hydrogen-bond acceptors (Lipinski definition) is 4. The van der Waals surface area contributed by atoms with E-state index in [0.29, 0.717) is 21.5 Å². The number of nitrogens with zero attached hydrogens (tertiary/aromatic N) is 1. The zero-order valence-corrected chi connectivity index (χ0v) is 17.2. The third kappa shape index (κ3) is 5.29. The lowest BCUT2D eigenvalue weighted by Gasteiger charge is -2.07. The molecule has 2 aromatic carbocycles. The standard InChI is InChI=1S/C18H14BrClN4O2S/c1-10-8-11(19)2-7-14(10)22-16(25)15-9-27-18(23-15)24-17(26)21-13-5-3-12(20)4-6-13/h2-9H,1H3,(H,22,25)(H2,21,23,24,26). The number of benzene rings is 2. The highest BCUT2D eigenvalue weighted by Gasteiger charge is 2.14. The van der Waals surface area contributed by atoms with Crippen LogP contribution in [0.5, 0.6) is 0 Å². The molecule has 1 aromatic heterocycles. The zero-order chi connectivity index (χ0) is 19.4. The van der Waals surface area contributed by atoms with E-state index in [0.717, 1.165) is 21.4 Å². The molecule has 0 unspecified atom stereocenters. The first-order chi connectivity index (χ1) is 12.9. The van der Waals surface area contributed by atoms with Gasteiger partial charge in [0, 0.05) is 26.3 Å². The van der Waals surface area contributed by atoms with Crippen molar-refractivity contribution in [3.8, 4) is 0 Å². The summed E-state index contributed by atoms with van der Waals surface area (Å²) >= 11 is 10.4. The van der Waals surface area contributed by atoms with Gasteiger partial charge in [-0.25, -0.2) is 9.78 Å². The lowest BCUT2D eigenvalue weighted by atomic mass is 10.2. The van der Waals surface area contributed by atoms with Gasteiger partial charge in [-0.2, -0.15) is 0 Å². The Kier molecular flexibility index (Phi) is 6.10. The first-order valence-corrected chi connectivity index (χ1v) is 9.82. The predicted octanol–water partition coefficient (Wildman–Crippen LogP) is 5.76. The Hall–Kier alpha value is -2.42. The van der Waals surface area contributed by atoms with Crippen LogP contribution in [0.25, 0.3) is 0 Å². The number of carbonyl (C=O) groups is 2. The van der Waals surface area contributed by atoms with Gasteiger partial charge in [-0.3, -0.25) is 10.1 Å². The summed E-state index contributed by atoms with van der Waals surface area (Å²) in [6.45, 7) is 1.90. The second-order valence-corrected chi connectivity index (χ2v) is 7.75. The number of nitrogens with one attached hydrogen (secondary N) is 3. The summed E-state index contributed by atoms with van der Waals surface area (Å²) in [5, 5.41) is 10.6. The highest BCUT2D eigenvalue weighted by molar-refractivity contribution is 9.10. The Morgan fingerprint density at radius 1 is 1.07 bits per heavy atom. The predicted molar refractivity (Wildman–Crippen MR) is 113 cm³/mol. The topological polar surface area (TPSA) is 83.1 Å². The van der Waals surface area contributed by atoms with E-state index in [1.54, 1.807) is 29.6 Å². The van der Waals surface area contributed by atoms with Gasteiger partial charge in [-0.1, -0.05) is 27.5 Å². The maximum atomic E-state index is 12.4. The van der Waals surface area contributed by atoms with Crippen LogP contribution in [0.4, 0.5) is 21.3 Å². The van der Waals surface area contributed by atoms with Crippen LogP contribution in [-0.2, 0) is 0 Å². The minimum atomic E-state index is -0.456. The van der Waals surface area contributed by atoms with E-state index < -0.39 is 6.03 Å². The number of hydrogen-bond donors (Lipinski definition) is 3. The fraction of sp³-hybridized carbons (Fsp3) is 0.0556. The fourth-order valence-electron chi connectivity index (χ4n) is 2.18. The molecular weight excluding hydrogens is 452 g/mol. The summed E-state index contributed by atoms with van der Waals surface area (Å²) < 4.78 is 0.935. The third-order valence-corrected chi connectivity index (χ3v) is 5.00. The third-order valence-electron chi connectivity index (χ3n) is 3.50. The van der Waals surface area contributed by atoms with Crippen LogP contribution in [0.1, 0.15) is 16.1 Å². The second kappa shape index (κ2) is 8.51. The minimum Gasteiger partial charge on any atom is -0.320 e. The molecule has 0 aliphatic rings. The van der Waals surface area contributed by atoms with Crippen molar-refractivity contribution in [2.45, 2.75) is 6.92 Å². The molecule has 3 amide bonds. The number of rotatable bonds is 4. The lowest BCUT2D eigenvalue weighted by Crippen LogP contribution is -2.19. The van der Waals surface area contributed by atoms with E-state index in [2.05, 4.69) is 36.9 Å². The van der Waals surface area contributed by atoms with Crippen molar-refractivity contribution in [1.82, 2.24) is 4.98 Å². The van der Waals surface area contributed by atoms with Gasteiger partial charge >= 0.3 is 6.03 Å². The molecule has 0 aliphatic heterocycles. The number of anilines is 3. The summed E-state index contributed by atoms with van der Waals surface area (Å²) in [7, 11) is 0. The summed E-state index contributed by atoms with van der Waals surface area (Å²) in [4.78, 5) is 28.5. The van der Waals surface area contributed by atoms with Crippen molar-refractivity contribution in [2.75, 3.05) is 16.0 Å². The Balaban J connectivity index is 1.61. The molecule has 0 fully saturated rings. The highest BCUT2D eigenvalue weighted by Crippen LogP contribution is 2.22. The van der Waals surface area contributed by atoms with Crippen molar-refractivity contribution < 1.29 is 9.59 Å². The Labute approximate surface area is 173 Å². The molecule has 0 atom stereocenters. The number of amides is 3. The van der Waals surface area contributed by atoms with E-state index in [4.69, 9.17) is 11.6 Å². The van der Waals surface area contributed by atoms with Crippen LogP contribution in [0.3, 0.4) is 0 Å². The summed E-state index contributed by atoms with van der Waals surface area (Å²) in [5.41, 5.74) is 2.45. The van der Waals surface area contributed by atoms with Gasteiger partial charge in [0.15, 0.2) is 5.13 Å². The monoisotopic (exact) mass is 464 g/mol. The van der Waals surface area contributed by atoms with Crippen LogP contribution in [0.15, 0.2) is 52.3 Å². The Morgan fingerprint density at radius 3 is 2.52 bits per heavy atom. The van der Waals surface area contributed by atoms with E-state index in [1.165, 1.54) is 0 Å².